The summed E-state index contributed by atoms with van der Waals surface area (Å²) in [7, 11) is 1.81. The number of halogens is 2. The number of rotatable bonds is 4. The monoisotopic (exact) mass is 331 g/mol. The molecule has 100 valence electrons. The number of likely N-dealkylation sites (tertiary alicyclic amines) is 1. The molecule has 0 unspecified atom stereocenters. The first-order chi connectivity index (χ1) is 8.69. The molecule has 4 heteroatoms. The van der Waals surface area contributed by atoms with E-state index >= 15 is 0 Å². The molecule has 1 saturated heterocycles. The first-order valence-electron chi connectivity index (χ1n) is 6.38. The molecule has 1 aromatic carbocycles. The van der Waals surface area contributed by atoms with E-state index in [4.69, 9.17) is 16.3 Å². The first-order valence-corrected chi connectivity index (χ1v) is 7.55. The van der Waals surface area contributed by atoms with E-state index in [1.165, 1.54) is 5.56 Å². The third kappa shape index (κ3) is 3.95. The number of hydrogen-bond donors (Lipinski definition) is 0. The minimum Gasteiger partial charge on any atom is -0.381 e. The Morgan fingerprint density at radius 3 is 2.78 bits per heavy atom. The normalized spacial score (nSPS) is 18.2. The molecule has 0 saturated carbocycles. The van der Waals surface area contributed by atoms with Gasteiger partial charge in [0.1, 0.15) is 0 Å². The van der Waals surface area contributed by atoms with E-state index in [0.717, 1.165) is 48.4 Å². The molecule has 1 aliphatic rings. The van der Waals surface area contributed by atoms with Crippen molar-refractivity contribution < 1.29 is 4.74 Å². The second-order valence-electron chi connectivity index (χ2n) is 4.76. The number of methoxy groups -OCH3 is 1. The van der Waals surface area contributed by atoms with Crippen LogP contribution in [-0.4, -0.2) is 37.7 Å². The molecule has 1 aromatic rings. The van der Waals surface area contributed by atoms with Crippen LogP contribution in [0.2, 0.25) is 5.02 Å². The number of ether oxygens (including phenoxy) is 1. The van der Waals surface area contributed by atoms with Crippen molar-refractivity contribution in [2.75, 3.05) is 26.7 Å². The molecule has 0 amide bonds. The van der Waals surface area contributed by atoms with Gasteiger partial charge in [0.15, 0.2) is 0 Å². The molecule has 1 aliphatic heterocycles. The van der Waals surface area contributed by atoms with E-state index in [0.29, 0.717) is 6.10 Å². The van der Waals surface area contributed by atoms with Gasteiger partial charge in [-0.3, -0.25) is 0 Å². The highest BCUT2D eigenvalue weighted by atomic mass is 79.9. The predicted octanol–water partition coefficient (Wildman–Crippen LogP) is 3.76. The summed E-state index contributed by atoms with van der Waals surface area (Å²) in [5, 5.41) is 0.866. The van der Waals surface area contributed by atoms with Gasteiger partial charge in [-0.25, -0.2) is 0 Å². The summed E-state index contributed by atoms with van der Waals surface area (Å²) in [4.78, 5) is 2.49. The van der Waals surface area contributed by atoms with E-state index in [-0.39, 0.29) is 0 Å². The smallest absolute Gasteiger partial charge is 0.0595 e. The Morgan fingerprint density at radius 1 is 1.39 bits per heavy atom. The van der Waals surface area contributed by atoms with Gasteiger partial charge in [-0.05, 0) is 43.0 Å². The fourth-order valence-electron chi connectivity index (χ4n) is 2.38. The van der Waals surface area contributed by atoms with Crippen LogP contribution in [0.1, 0.15) is 18.4 Å². The van der Waals surface area contributed by atoms with Gasteiger partial charge in [-0.15, -0.1) is 0 Å². The van der Waals surface area contributed by atoms with Crippen LogP contribution in [0, 0.1) is 0 Å². The Hall–Kier alpha value is -0.0900. The topological polar surface area (TPSA) is 12.5 Å². The van der Waals surface area contributed by atoms with Crippen LogP contribution in [0.5, 0.6) is 0 Å². The van der Waals surface area contributed by atoms with Crippen LogP contribution >= 0.6 is 27.5 Å². The lowest BCUT2D eigenvalue weighted by atomic mass is 10.1. The lowest BCUT2D eigenvalue weighted by molar-refractivity contribution is 0.0415. The molecule has 2 nitrogen and oxygen atoms in total. The van der Waals surface area contributed by atoms with Gasteiger partial charge in [0.2, 0.25) is 0 Å². The van der Waals surface area contributed by atoms with Crippen molar-refractivity contribution in [2.24, 2.45) is 0 Å². The highest BCUT2D eigenvalue weighted by Gasteiger charge is 2.18. The van der Waals surface area contributed by atoms with Gasteiger partial charge in [-0.2, -0.15) is 0 Å². The SMILES string of the molecule is COC1CCN(CCc2cc(Br)ccc2Cl)CC1. The van der Waals surface area contributed by atoms with Gasteiger partial charge < -0.3 is 9.64 Å². The summed E-state index contributed by atoms with van der Waals surface area (Å²) < 4.78 is 6.48. The molecule has 1 fully saturated rings. The Labute approximate surface area is 122 Å². The molecule has 2 rings (SSSR count). The predicted molar refractivity (Wildman–Crippen MR) is 79.3 cm³/mol. The van der Waals surface area contributed by atoms with Crippen molar-refractivity contribution >= 4 is 27.5 Å². The van der Waals surface area contributed by atoms with Gasteiger partial charge in [0.25, 0.3) is 0 Å². The quantitative estimate of drug-likeness (QED) is 0.832. The second kappa shape index (κ2) is 6.90. The van der Waals surface area contributed by atoms with Crippen molar-refractivity contribution in [1.29, 1.82) is 0 Å². The largest absolute Gasteiger partial charge is 0.381 e. The zero-order valence-electron chi connectivity index (χ0n) is 10.7. The average Bonchev–Trinajstić information content (AvgIpc) is 2.40. The second-order valence-corrected chi connectivity index (χ2v) is 6.09. The molecule has 0 aromatic heterocycles. The maximum Gasteiger partial charge on any atom is 0.0595 e. The fraction of sp³-hybridized carbons (Fsp3) is 0.571. The van der Waals surface area contributed by atoms with Crippen molar-refractivity contribution in [2.45, 2.75) is 25.4 Å². The lowest BCUT2D eigenvalue weighted by Gasteiger charge is -2.31. The fourth-order valence-corrected chi connectivity index (χ4v) is 3.00. The number of piperidine rings is 1. The minimum absolute atomic E-state index is 0.454. The Morgan fingerprint density at radius 2 is 2.11 bits per heavy atom. The van der Waals surface area contributed by atoms with Gasteiger partial charge in [0, 0.05) is 36.2 Å². The number of benzene rings is 1. The van der Waals surface area contributed by atoms with Gasteiger partial charge >= 0.3 is 0 Å². The van der Waals surface area contributed by atoms with E-state index in [2.05, 4.69) is 26.9 Å². The van der Waals surface area contributed by atoms with Crippen molar-refractivity contribution in [3.63, 3.8) is 0 Å². The third-order valence-electron chi connectivity index (χ3n) is 3.57. The lowest BCUT2D eigenvalue weighted by Crippen LogP contribution is -2.37. The summed E-state index contributed by atoms with van der Waals surface area (Å²) in [5.74, 6) is 0. The molecule has 0 radical (unpaired) electrons. The summed E-state index contributed by atoms with van der Waals surface area (Å²) in [6.07, 6.45) is 3.75. The molecule has 0 atom stereocenters. The maximum absolute atomic E-state index is 6.20. The summed E-state index contributed by atoms with van der Waals surface area (Å²) in [5.41, 5.74) is 1.22. The summed E-state index contributed by atoms with van der Waals surface area (Å²) in [6.45, 7) is 3.33. The van der Waals surface area contributed by atoms with Crippen LogP contribution < -0.4 is 0 Å². The van der Waals surface area contributed by atoms with Crippen molar-refractivity contribution in [3.8, 4) is 0 Å². The summed E-state index contributed by atoms with van der Waals surface area (Å²) in [6, 6.07) is 6.05. The molecule has 18 heavy (non-hydrogen) atoms. The van der Waals surface area contributed by atoms with Crippen molar-refractivity contribution in [1.82, 2.24) is 4.90 Å². The van der Waals surface area contributed by atoms with Crippen LogP contribution in [0.15, 0.2) is 22.7 Å². The Balaban J connectivity index is 1.83. The highest BCUT2D eigenvalue weighted by molar-refractivity contribution is 9.10. The van der Waals surface area contributed by atoms with E-state index < -0.39 is 0 Å². The molecule has 0 spiro atoms. The average molecular weight is 333 g/mol. The molecule has 0 aliphatic carbocycles. The summed E-state index contributed by atoms with van der Waals surface area (Å²) >= 11 is 9.69. The maximum atomic E-state index is 6.20. The van der Waals surface area contributed by atoms with E-state index in [1.54, 1.807) is 0 Å². The zero-order chi connectivity index (χ0) is 13.0. The molecule has 0 bridgehead atoms. The van der Waals surface area contributed by atoms with Gasteiger partial charge in [-0.1, -0.05) is 27.5 Å². The van der Waals surface area contributed by atoms with Crippen LogP contribution in [0.4, 0.5) is 0 Å². The Kier molecular flexibility index (Phi) is 5.49. The highest BCUT2D eigenvalue weighted by Crippen LogP contribution is 2.22. The molecule has 0 N–H and O–H groups in total. The molecule has 1 heterocycles. The molecular formula is C14H19BrClNO. The third-order valence-corrected chi connectivity index (χ3v) is 4.44. The Bertz CT molecular complexity index is 391. The number of nitrogens with zero attached hydrogens (tertiary/aromatic N) is 1. The van der Waals surface area contributed by atoms with E-state index in [9.17, 15) is 0 Å². The van der Waals surface area contributed by atoms with Crippen molar-refractivity contribution in [3.05, 3.63) is 33.3 Å². The first kappa shape index (κ1) is 14.3. The van der Waals surface area contributed by atoms with Crippen LogP contribution in [0.3, 0.4) is 0 Å². The van der Waals surface area contributed by atoms with Crippen LogP contribution in [0.25, 0.3) is 0 Å². The van der Waals surface area contributed by atoms with E-state index in [1.807, 2.05) is 19.2 Å². The minimum atomic E-state index is 0.454. The van der Waals surface area contributed by atoms with Gasteiger partial charge in [0.05, 0.1) is 6.10 Å². The zero-order valence-corrected chi connectivity index (χ0v) is 13.0. The molecular weight excluding hydrogens is 314 g/mol. The van der Waals surface area contributed by atoms with Crippen LogP contribution in [-0.2, 0) is 11.2 Å². The number of hydrogen-bond acceptors (Lipinski definition) is 2. The standard InChI is InChI=1S/C14H19BrClNO/c1-18-13-5-8-17(9-6-13)7-4-11-10-12(15)2-3-14(11)16/h2-3,10,13H,4-9H2,1H3.